The Morgan fingerprint density at radius 1 is 1.25 bits per heavy atom. The fourth-order valence-corrected chi connectivity index (χ4v) is 2.82. The zero-order valence-electron chi connectivity index (χ0n) is 7.87. The maximum Gasteiger partial charge on any atom is 0.511 e. The average molecular weight is 335 g/mol. The van der Waals surface area contributed by atoms with Gasteiger partial charge in [0.25, 0.3) is 0 Å². The lowest BCUT2D eigenvalue weighted by atomic mass is 10.1. The standard InChI is InChI=1S/C9H6Cl5OSi/c1-2-3-5-8(12)6(10)4-7(11)9(5)15-16(13)14/h2,4H,1,3H2. The summed E-state index contributed by atoms with van der Waals surface area (Å²) in [7, 11) is -1.95. The van der Waals surface area contributed by atoms with Crippen LogP contribution in [0.1, 0.15) is 5.56 Å². The van der Waals surface area contributed by atoms with Crippen LogP contribution in [0, 0.1) is 0 Å². The molecule has 1 nitrogen and oxygen atoms in total. The van der Waals surface area contributed by atoms with Gasteiger partial charge in [0, 0.05) is 5.56 Å². The molecule has 87 valence electrons. The number of halogens is 5. The van der Waals surface area contributed by atoms with Crippen LogP contribution in [-0.4, -0.2) is 7.66 Å². The third-order valence-corrected chi connectivity index (χ3v) is 3.68. The fraction of sp³-hybridized carbons (Fsp3) is 0.111. The highest BCUT2D eigenvalue weighted by Gasteiger charge is 2.19. The molecule has 0 atom stereocenters. The summed E-state index contributed by atoms with van der Waals surface area (Å²) < 4.78 is 5.27. The van der Waals surface area contributed by atoms with Gasteiger partial charge in [-0.25, -0.2) is 0 Å². The van der Waals surface area contributed by atoms with Crippen LogP contribution in [0.2, 0.25) is 15.1 Å². The van der Waals surface area contributed by atoms with Gasteiger partial charge < -0.3 is 4.43 Å². The van der Waals surface area contributed by atoms with E-state index >= 15 is 0 Å². The molecule has 0 aromatic heterocycles. The molecule has 0 fully saturated rings. The molecule has 1 radical (unpaired) electrons. The second-order valence-electron chi connectivity index (χ2n) is 2.78. The minimum Gasteiger partial charge on any atom is -0.515 e. The van der Waals surface area contributed by atoms with Gasteiger partial charge >= 0.3 is 7.66 Å². The number of benzene rings is 1. The lowest BCUT2D eigenvalue weighted by Gasteiger charge is -2.14. The average Bonchev–Trinajstić information content (AvgIpc) is 2.19. The van der Waals surface area contributed by atoms with Crippen molar-refractivity contribution in [1.29, 1.82) is 0 Å². The Bertz CT molecular complexity index is 407. The van der Waals surface area contributed by atoms with Crippen LogP contribution in [0.3, 0.4) is 0 Å². The predicted molar refractivity (Wildman–Crippen MR) is 73.5 cm³/mol. The van der Waals surface area contributed by atoms with E-state index in [1.165, 1.54) is 6.07 Å². The summed E-state index contributed by atoms with van der Waals surface area (Å²) in [5.41, 5.74) is 0.637. The van der Waals surface area contributed by atoms with Crippen LogP contribution in [0.15, 0.2) is 18.7 Å². The summed E-state index contributed by atoms with van der Waals surface area (Å²) in [6, 6.07) is 1.49. The summed E-state index contributed by atoms with van der Waals surface area (Å²) in [6.45, 7) is 3.62. The molecule has 1 aromatic carbocycles. The molecule has 0 spiro atoms. The van der Waals surface area contributed by atoms with Crippen molar-refractivity contribution in [3.05, 3.63) is 39.4 Å². The Labute approximate surface area is 120 Å². The van der Waals surface area contributed by atoms with Gasteiger partial charge in [0.1, 0.15) is 5.75 Å². The largest absolute Gasteiger partial charge is 0.515 e. The van der Waals surface area contributed by atoms with Crippen molar-refractivity contribution in [1.82, 2.24) is 0 Å². The summed E-state index contributed by atoms with van der Waals surface area (Å²) in [5, 5.41) is 1.06. The Hall–Kier alpha value is 0.427. The highest BCUT2D eigenvalue weighted by atomic mass is 35.7. The Morgan fingerprint density at radius 3 is 2.38 bits per heavy atom. The Balaban J connectivity index is 3.31. The molecular formula is C9H6Cl5OSi. The van der Waals surface area contributed by atoms with Crippen molar-refractivity contribution in [2.75, 3.05) is 0 Å². The SMILES string of the molecule is C=CCc1c(Cl)c(Cl)cc(Cl)c1O[Si](Cl)Cl. The van der Waals surface area contributed by atoms with Crippen molar-refractivity contribution in [3.8, 4) is 5.75 Å². The summed E-state index contributed by atoms with van der Waals surface area (Å²) in [6.07, 6.45) is 2.13. The third-order valence-electron chi connectivity index (χ3n) is 1.75. The van der Waals surface area contributed by atoms with Crippen LogP contribution in [0.25, 0.3) is 0 Å². The van der Waals surface area contributed by atoms with Gasteiger partial charge in [-0.1, -0.05) is 63.0 Å². The van der Waals surface area contributed by atoms with E-state index in [2.05, 4.69) is 6.58 Å². The second-order valence-corrected chi connectivity index (χ2v) is 7.27. The van der Waals surface area contributed by atoms with E-state index in [0.29, 0.717) is 32.8 Å². The molecular weight excluding hydrogens is 329 g/mol. The predicted octanol–water partition coefficient (Wildman–Crippen LogP) is 5.22. The maximum absolute atomic E-state index is 6.04. The van der Waals surface area contributed by atoms with Crippen molar-refractivity contribution in [2.45, 2.75) is 6.42 Å². The van der Waals surface area contributed by atoms with Gasteiger partial charge in [-0.3, -0.25) is 0 Å². The summed E-state index contributed by atoms with van der Waals surface area (Å²) >= 11 is 29.2. The summed E-state index contributed by atoms with van der Waals surface area (Å²) in [4.78, 5) is 0. The molecule has 0 heterocycles. The topological polar surface area (TPSA) is 9.23 Å². The van der Waals surface area contributed by atoms with Crippen LogP contribution in [-0.2, 0) is 6.42 Å². The van der Waals surface area contributed by atoms with Crippen LogP contribution in [0.5, 0.6) is 5.75 Å². The normalized spacial score (nSPS) is 10.6. The van der Waals surface area contributed by atoms with E-state index in [9.17, 15) is 0 Å². The van der Waals surface area contributed by atoms with E-state index in [1.807, 2.05) is 0 Å². The molecule has 0 aliphatic rings. The van der Waals surface area contributed by atoms with Gasteiger partial charge in [0.2, 0.25) is 0 Å². The zero-order valence-corrected chi connectivity index (χ0v) is 12.6. The van der Waals surface area contributed by atoms with Crippen molar-refractivity contribution >= 4 is 64.6 Å². The molecule has 0 amide bonds. The number of hydrogen-bond acceptors (Lipinski definition) is 1. The van der Waals surface area contributed by atoms with Crippen LogP contribution in [0.4, 0.5) is 0 Å². The number of allylic oxidation sites excluding steroid dienone is 1. The molecule has 1 rings (SSSR count). The molecule has 0 aliphatic carbocycles. The van der Waals surface area contributed by atoms with E-state index in [4.69, 9.17) is 61.4 Å². The molecule has 0 aliphatic heterocycles. The highest BCUT2D eigenvalue weighted by Crippen LogP contribution is 2.40. The van der Waals surface area contributed by atoms with E-state index in [1.54, 1.807) is 6.08 Å². The highest BCUT2D eigenvalue weighted by molar-refractivity contribution is 7.31. The Morgan fingerprint density at radius 2 is 1.88 bits per heavy atom. The zero-order chi connectivity index (χ0) is 12.3. The van der Waals surface area contributed by atoms with Crippen molar-refractivity contribution in [3.63, 3.8) is 0 Å². The monoisotopic (exact) mass is 333 g/mol. The van der Waals surface area contributed by atoms with Gasteiger partial charge in [0.15, 0.2) is 0 Å². The van der Waals surface area contributed by atoms with E-state index < -0.39 is 7.66 Å². The summed E-state index contributed by atoms with van der Waals surface area (Å²) in [5.74, 6) is 0.370. The molecule has 0 unspecified atom stereocenters. The first-order valence-electron chi connectivity index (χ1n) is 4.10. The second kappa shape index (κ2) is 6.38. The molecule has 1 aromatic rings. The molecule has 0 bridgehead atoms. The minimum atomic E-state index is -1.95. The fourth-order valence-electron chi connectivity index (χ4n) is 1.14. The molecule has 0 N–H and O–H groups in total. The molecule has 16 heavy (non-hydrogen) atoms. The van der Waals surface area contributed by atoms with Gasteiger partial charge in [-0.05, 0) is 12.5 Å². The number of hydrogen-bond donors (Lipinski definition) is 0. The molecule has 7 heteroatoms. The lowest BCUT2D eigenvalue weighted by Crippen LogP contribution is -2.08. The first-order chi connectivity index (χ1) is 7.47. The quantitative estimate of drug-likeness (QED) is 0.317. The lowest BCUT2D eigenvalue weighted by molar-refractivity contribution is 0.596. The van der Waals surface area contributed by atoms with Gasteiger partial charge in [-0.15, -0.1) is 6.58 Å². The van der Waals surface area contributed by atoms with E-state index in [0.717, 1.165) is 0 Å². The number of rotatable bonds is 4. The minimum absolute atomic E-state index is 0.329. The van der Waals surface area contributed by atoms with Gasteiger partial charge in [-0.2, -0.15) is 0 Å². The van der Waals surface area contributed by atoms with Crippen LogP contribution >= 0.6 is 57.0 Å². The first kappa shape index (κ1) is 14.5. The third kappa shape index (κ3) is 3.46. The Kier molecular flexibility index (Phi) is 5.78. The maximum atomic E-state index is 6.04. The molecule has 0 saturated carbocycles. The van der Waals surface area contributed by atoms with E-state index in [-0.39, 0.29) is 0 Å². The first-order valence-corrected chi connectivity index (χ1v) is 8.67. The van der Waals surface area contributed by atoms with Gasteiger partial charge in [0.05, 0.1) is 15.1 Å². The molecule has 0 saturated heterocycles. The van der Waals surface area contributed by atoms with Crippen LogP contribution < -0.4 is 4.43 Å². The smallest absolute Gasteiger partial charge is 0.511 e. The van der Waals surface area contributed by atoms with Crippen molar-refractivity contribution in [2.24, 2.45) is 0 Å². The van der Waals surface area contributed by atoms with Crippen molar-refractivity contribution < 1.29 is 4.43 Å².